The van der Waals surface area contributed by atoms with E-state index in [1.54, 1.807) is 7.11 Å². The molecule has 134 valence electrons. The maximum Gasteiger partial charge on any atom is 0.251 e. The predicted molar refractivity (Wildman–Crippen MR) is 102 cm³/mol. The van der Waals surface area contributed by atoms with Crippen LogP contribution in [-0.4, -0.2) is 13.0 Å². The third-order valence-corrected chi connectivity index (χ3v) is 4.90. The maximum atomic E-state index is 12.7. The van der Waals surface area contributed by atoms with Gasteiger partial charge in [-0.3, -0.25) is 4.79 Å². The van der Waals surface area contributed by atoms with Crippen LogP contribution in [0.1, 0.15) is 47.2 Å². The van der Waals surface area contributed by atoms with Gasteiger partial charge in [0.15, 0.2) is 0 Å². The lowest BCUT2D eigenvalue weighted by Crippen LogP contribution is -2.43. The Morgan fingerprint density at radius 2 is 1.68 bits per heavy atom. The highest BCUT2D eigenvalue weighted by atomic mass is 35.5. The van der Waals surface area contributed by atoms with Crippen molar-refractivity contribution in [2.75, 3.05) is 7.11 Å². The molecule has 2 aromatic carbocycles. The van der Waals surface area contributed by atoms with Crippen LogP contribution in [0.4, 0.5) is 0 Å². The zero-order valence-electron chi connectivity index (χ0n) is 14.5. The van der Waals surface area contributed by atoms with Gasteiger partial charge < -0.3 is 15.8 Å². The number of nitrogens with two attached hydrogens (primary N) is 1. The van der Waals surface area contributed by atoms with Gasteiger partial charge in [-0.25, -0.2) is 0 Å². The van der Waals surface area contributed by atoms with Crippen LogP contribution in [0, 0.1) is 0 Å². The number of ether oxygens (including phenoxy) is 1. The fourth-order valence-electron chi connectivity index (χ4n) is 3.46. The topological polar surface area (TPSA) is 64.3 Å². The number of amides is 1. The first-order valence-electron chi connectivity index (χ1n) is 8.43. The molecular formula is C20H25ClN2O2. The Bertz CT molecular complexity index is 693. The van der Waals surface area contributed by atoms with Crippen LogP contribution >= 0.6 is 12.4 Å². The van der Waals surface area contributed by atoms with Gasteiger partial charge in [0, 0.05) is 12.1 Å². The minimum atomic E-state index is -0.282. The summed E-state index contributed by atoms with van der Waals surface area (Å²) in [6, 6.07) is 15.5. The lowest BCUT2D eigenvalue weighted by Gasteiger charge is -2.31. The lowest BCUT2D eigenvalue weighted by molar-refractivity contribution is 0.0898. The Labute approximate surface area is 155 Å². The van der Waals surface area contributed by atoms with E-state index in [2.05, 4.69) is 17.4 Å². The second kappa shape index (κ2) is 8.37. The maximum absolute atomic E-state index is 12.7. The van der Waals surface area contributed by atoms with E-state index in [1.165, 1.54) is 0 Å². The first-order valence-corrected chi connectivity index (χ1v) is 8.43. The summed E-state index contributed by atoms with van der Waals surface area (Å²) in [5, 5.41) is 3.29. The molecule has 1 aliphatic carbocycles. The van der Waals surface area contributed by atoms with Gasteiger partial charge >= 0.3 is 0 Å². The Kier molecular flexibility index (Phi) is 6.45. The third-order valence-electron chi connectivity index (χ3n) is 4.90. The van der Waals surface area contributed by atoms with E-state index in [0.717, 1.165) is 42.6 Å². The number of halogens is 1. The van der Waals surface area contributed by atoms with Gasteiger partial charge in [-0.15, -0.1) is 12.4 Å². The average Bonchev–Trinajstić information content (AvgIpc) is 3.11. The van der Waals surface area contributed by atoms with Crippen LogP contribution in [0.2, 0.25) is 0 Å². The second-order valence-electron chi connectivity index (χ2n) is 6.37. The molecule has 0 atom stereocenters. The standard InChI is InChI=1S/C20H24N2O2.ClH/c1-24-18-10-8-17(9-11-18)20(12-2-3-13-20)22-19(23)16-6-4-15(14-21)5-7-16;/h4-11H,2-3,12-14,21H2,1H3,(H,22,23);1H. The summed E-state index contributed by atoms with van der Waals surface area (Å²) in [6.45, 7) is 0.484. The molecule has 0 unspecified atom stereocenters. The van der Waals surface area contributed by atoms with Crippen molar-refractivity contribution < 1.29 is 9.53 Å². The molecule has 0 radical (unpaired) electrons. The molecule has 0 spiro atoms. The normalized spacial score (nSPS) is 15.3. The van der Waals surface area contributed by atoms with Crippen molar-refractivity contribution in [2.45, 2.75) is 37.8 Å². The molecule has 0 heterocycles. The molecule has 1 fully saturated rings. The number of methoxy groups -OCH3 is 1. The SMILES string of the molecule is COc1ccc(C2(NC(=O)c3ccc(CN)cc3)CCCC2)cc1.Cl. The summed E-state index contributed by atoms with van der Waals surface area (Å²) in [5.74, 6) is 0.798. The van der Waals surface area contributed by atoms with E-state index >= 15 is 0 Å². The van der Waals surface area contributed by atoms with Gasteiger partial charge in [0.25, 0.3) is 5.91 Å². The lowest BCUT2D eigenvalue weighted by atomic mass is 9.87. The van der Waals surface area contributed by atoms with Crippen LogP contribution in [0.3, 0.4) is 0 Å². The number of benzene rings is 2. The Morgan fingerprint density at radius 1 is 1.08 bits per heavy atom. The van der Waals surface area contributed by atoms with Crippen molar-refractivity contribution in [3.63, 3.8) is 0 Å². The van der Waals surface area contributed by atoms with E-state index in [4.69, 9.17) is 10.5 Å². The first-order chi connectivity index (χ1) is 11.7. The highest BCUT2D eigenvalue weighted by Gasteiger charge is 2.37. The zero-order chi connectivity index (χ0) is 17.0. The summed E-state index contributed by atoms with van der Waals surface area (Å²) in [4.78, 5) is 12.7. The minimum Gasteiger partial charge on any atom is -0.497 e. The fourth-order valence-corrected chi connectivity index (χ4v) is 3.46. The highest BCUT2D eigenvalue weighted by Crippen LogP contribution is 2.39. The molecule has 0 bridgehead atoms. The quantitative estimate of drug-likeness (QED) is 0.852. The zero-order valence-corrected chi connectivity index (χ0v) is 15.3. The van der Waals surface area contributed by atoms with Crippen LogP contribution in [0.5, 0.6) is 5.75 Å². The summed E-state index contributed by atoms with van der Waals surface area (Å²) in [5.41, 5.74) is 8.18. The average molecular weight is 361 g/mol. The van der Waals surface area contributed by atoms with Gasteiger partial charge in [0.05, 0.1) is 12.6 Å². The molecule has 2 aromatic rings. The number of carbonyl (C=O) groups excluding carboxylic acids is 1. The molecule has 1 aliphatic rings. The van der Waals surface area contributed by atoms with Crippen LogP contribution < -0.4 is 15.8 Å². The van der Waals surface area contributed by atoms with E-state index in [9.17, 15) is 4.79 Å². The fraction of sp³-hybridized carbons (Fsp3) is 0.350. The molecule has 25 heavy (non-hydrogen) atoms. The van der Waals surface area contributed by atoms with Crippen molar-refractivity contribution in [3.05, 3.63) is 65.2 Å². The van der Waals surface area contributed by atoms with Crippen LogP contribution in [0.25, 0.3) is 0 Å². The van der Waals surface area contributed by atoms with Crippen molar-refractivity contribution in [3.8, 4) is 5.75 Å². The first kappa shape index (κ1) is 19.3. The van der Waals surface area contributed by atoms with Gasteiger partial charge in [0.1, 0.15) is 5.75 Å². The summed E-state index contributed by atoms with van der Waals surface area (Å²) in [7, 11) is 1.66. The molecular weight excluding hydrogens is 336 g/mol. The number of rotatable bonds is 5. The van der Waals surface area contributed by atoms with E-state index in [-0.39, 0.29) is 23.9 Å². The molecule has 5 heteroatoms. The van der Waals surface area contributed by atoms with Gasteiger partial charge in [-0.2, -0.15) is 0 Å². The smallest absolute Gasteiger partial charge is 0.251 e. The molecule has 0 aliphatic heterocycles. The van der Waals surface area contributed by atoms with E-state index in [0.29, 0.717) is 12.1 Å². The summed E-state index contributed by atoms with van der Waals surface area (Å²) < 4.78 is 5.24. The van der Waals surface area contributed by atoms with Crippen molar-refractivity contribution >= 4 is 18.3 Å². The molecule has 4 nitrogen and oxygen atoms in total. The van der Waals surface area contributed by atoms with Crippen LogP contribution in [-0.2, 0) is 12.1 Å². The highest BCUT2D eigenvalue weighted by molar-refractivity contribution is 5.94. The van der Waals surface area contributed by atoms with Crippen molar-refractivity contribution in [1.29, 1.82) is 0 Å². The number of carbonyl (C=O) groups is 1. The van der Waals surface area contributed by atoms with E-state index < -0.39 is 0 Å². The minimum absolute atomic E-state index is 0. The number of hydrogen-bond donors (Lipinski definition) is 2. The van der Waals surface area contributed by atoms with Crippen LogP contribution in [0.15, 0.2) is 48.5 Å². The Morgan fingerprint density at radius 3 is 2.20 bits per heavy atom. The summed E-state index contributed by atoms with van der Waals surface area (Å²) in [6.07, 6.45) is 4.18. The van der Waals surface area contributed by atoms with Gasteiger partial charge in [-0.1, -0.05) is 37.1 Å². The third kappa shape index (κ3) is 4.14. The molecule has 3 rings (SSSR count). The Balaban J connectivity index is 0.00000225. The molecule has 1 amide bonds. The van der Waals surface area contributed by atoms with E-state index in [1.807, 2.05) is 36.4 Å². The number of hydrogen-bond acceptors (Lipinski definition) is 3. The molecule has 0 aromatic heterocycles. The Hall–Kier alpha value is -2.04. The summed E-state index contributed by atoms with van der Waals surface area (Å²) >= 11 is 0. The van der Waals surface area contributed by atoms with Gasteiger partial charge in [0.2, 0.25) is 0 Å². The largest absolute Gasteiger partial charge is 0.497 e. The van der Waals surface area contributed by atoms with Gasteiger partial charge in [-0.05, 0) is 48.2 Å². The van der Waals surface area contributed by atoms with Crippen molar-refractivity contribution in [2.24, 2.45) is 5.73 Å². The molecule has 3 N–H and O–H groups in total. The monoisotopic (exact) mass is 360 g/mol. The van der Waals surface area contributed by atoms with Crippen molar-refractivity contribution in [1.82, 2.24) is 5.32 Å². The number of nitrogens with one attached hydrogen (secondary N) is 1. The molecule has 1 saturated carbocycles. The molecule has 0 saturated heterocycles. The predicted octanol–water partition coefficient (Wildman–Crippen LogP) is 3.78. The second-order valence-corrected chi connectivity index (χ2v) is 6.37.